The van der Waals surface area contributed by atoms with E-state index < -0.39 is 37.5 Å². The highest BCUT2D eigenvalue weighted by Gasteiger charge is 2.29. The molecule has 0 aromatic heterocycles. The number of benzene rings is 5. The van der Waals surface area contributed by atoms with E-state index >= 15 is 0 Å². The van der Waals surface area contributed by atoms with Crippen LogP contribution in [0.25, 0.3) is 11.1 Å². The summed E-state index contributed by atoms with van der Waals surface area (Å²) in [5.41, 5.74) is 4.88. The van der Waals surface area contributed by atoms with Crippen LogP contribution in [-0.4, -0.2) is 75.4 Å². The van der Waals surface area contributed by atoms with Crippen LogP contribution >= 0.6 is 0 Å². The van der Waals surface area contributed by atoms with Gasteiger partial charge in [-0.2, -0.15) is 0 Å². The molecule has 12 nitrogen and oxygen atoms in total. The van der Waals surface area contributed by atoms with Gasteiger partial charge in [0.25, 0.3) is 21.6 Å². The number of hydrogen-bond acceptors (Lipinski definition) is 8. The number of anilines is 2. The van der Waals surface area contributed by atoms with Crippen molar-refractivity contribution in [3.05, 3.63) is 154 Å². The van der Waals surface area contributed by atoms with Gasteiger partial charge >= 0.3 is 6.03 Å². The Kier molecular flexibility index (Phi) is 11.4. The lowest BCUT2D eigenvalue weighted by Gasteiger charge is -2.36. The molecule has 1 fully saturated rings. The Morgan fingerprint density at radius 1 is 0.815 bits per heavy atom. The van der Waals surface area contributed by atoms with Crippen LogP contribution in [0.5, 0.6) is 0 Å². The number of piperazine rings is 1. The number of rotatable bonds is 11. The van der Waals surface area contributed by atoms with Gasteiger partial charge in [-0.3, -0.25) is 24.7 Å². The van der Waals surface area contributed by atoms with E-state index in [9.17, 15) is 28.1 Å². The smallest absolute Gasteiger partial charge is 0.324 e. The van der Waals surface area contributed by atoms with Gasteiger partial charge in [-0.25, -0.2) is 17.9 Å². The summed E-state index contributed by atoms with van der Waals surface area (Å²) in [5.74, 6) is -0.876. The molecule has 0 bridgehead atoms. The van der Waals surface area contributed by atoms with Gasteiger partial charge < -0.3 is 9.80 Å². The molecule has 54 heavy (non-hydrogen) atoms. The number of nitrogens with zero attached hydrogens (tertiary/aromatic N) is 5. The molecule has 278 valence electrons. The Labute approximate surface area is 315 Å². The number of sulfonamides is 1. The van der Waals surface area contributed by atoms with Crippen molar-refractivity contribution < 1.29 is 22.9 Å². The second kappa shape index (κ2) is 16.3. The Morgan fingerprint density at radius 2 is 1.43 bits per heavy atom. The van der Waals surface area contributed by atoms with Crippen LogP contribution in [0.1, 0.15) is 34.5 Å². The first-order valence-electron chi connectivity index (χ1n) is 17.5. The molecule has 5 aromatic carbocycles. The van der Waals surface area contributed by atoms with Crippen LogP contribution in [-0.2, 0) is 16.6 Å². The number of nitro benzene ring substituents is 1. The highest BCUT2D eigenvalue weighted by molar-refractivity contribution is 7.90. The van der Waals surface area contributed by atoms with Gasteiger partial charge in [-0.1, -0.05) is 84.9 Å². The number of carbonyl (C=O) groups excluding carboxylic acids is 2. The predicted octanol–water partition coefficient (Wildman–Crippen LogP) is 6.95. The molecule has 1 atom stereocenters. The summed E-state index contributed by atoms with van der Waals surface area (Å²) in [5, 5.41) is 12.1. The summed E-state index contributed by atoms with van der Waals surface area (Å²) in [7, 11) is -1.55. The molecule has 13 heteroatoms. The molecule has 0 unspecified atom stereocenters. The summed E-state index contributed by atoms with van der Waals surface area (Å²) >= 11 is 0. The minimum absolute atomic E-state index is 0.101. The second-order valence-electron chi connectivity index (χ2n) is 13.2. The number of amides is 3. The minimum Gasteiger partial charge on any atom is -0.369 e. The normalized spacial score (nSPS) is 13.9. The maximum absolute atomic E-state index is 13.3. The fraction of sp³-hybridized carbons (Fsp3) is 0.220. The average Bonchev–Trinajstić information content (AvgIpc) is 3.20. The fourth-order valence-corrected chi connectivity index (χ4v) is 7.58. The van der Waals surface area contributed by atoms with Gasteiger partial charge in [0.15, 0.2) is 0 Å². The van der Waals surface area contributed by atoms with E-state index in [0.717, 1.165) is 61.0 Å². The predicted molar refractivity (Wildman–Crippen MR) is 210 cm³/mol. The van der Waals surface area contributed by atoms with Crippen molar-refractivity contribution in [2.24, 2.45) is 0 Å². The first-order valence-corrected chi connectivity index (χ1v) is 19.0. The highest BCUT2D eigenvalue weighted by Crippen LogP contribution is 2.32. The van der Waals surface area contributed by atoms with Gasteiger partial charge in [0, 0.05) is 64.1 Å². The molecule has 1 N–H and O–H groups in total. The average molecular weight is 747 g/mol. The van der Waals surface area contributed by atoms with E-state index in [1.54, 1.807) is 31.3 Å². The number of nitrogens with one attached hydrogen (secondary N) is 1. The fourth-order valence-electron chi connectivity index (χ4n) is 6.59. The molecule has 6 rings (SSSR count). The molecule has 1 saturated heterocycles. The maximum atomic E-state index is 13.3. The number of nitro groups is 1. The third kappa shape index (κ3) is 8.43. The van der Waals surface area contributed by atoms with Crippen molar-refractivity contribution in [2.75, 3.05) is 50.1 Å². The van der Waals surface area contributed by atoms with E-state index in [2.05, 4.69) is 46.2 Å². The van der Waals surface area contributed by atoms with Crippen LogP contribution in [0.4, 0.5) is 21.9 Å². The zero-order chi connectivity index (χ0) is 38.4. The minimum atomic E-state index is -4.51. The Hall–Kier alpha value is -6.05. The second-order valence-corrected chi connectivity index (χ2v) is 14.9. The van der Waals surface area contributed by atoms with E-state index in [0.29, 0.717) is 0 Å². The molecule has 1 heterocycles. The molecule has 0 aliphatic carbocycles. The lowest BCUT2D eigenvalue weighted by Crippen LogP contribution is -2.46. The van der Waals surface area contributed by atoms with Crippen molar-refractivity contribution in [1.29, 1.82) is 0 Å². The first-order chi connectivity index (χ1) is 25.9. The van der Waals surface area contributed by atoms with Crippen LogP contribution in [0.3, 0.4) is 0 Å². The largest absolute Gasteiger partial charge is 0.369 e. The molecular formula is C41H42N6O6S. The zero-order valence-electron chi connectivity index (χ0n) is 30.3. The number of hydrogen-bond donors (Lipinski definition) is 1. The SMILES string of the molecule is C[C@@H](c1ccccc1)N(C)C(=O)N(C)c1ccc(S(=O)(=O)NC(=O)c2ccc(N3CCN(Cc4ccccc4-c4ccccc4)CC3)cc2)cc1[N+](=O)[O-]. The quantitative estimate of drug-likeness (QED) is 0.113. The molecule has 0 radical (unpaired) electrons. The Morgan fingerprint density at radius 3 is 2.07 bits per heavy atom. The van der Waals surface area contributed by atoms with Gasteiger partial charge in [0.05, 0.1) is 15.9 Å². The van der Waals surface area contributed by atoms with Gasteiger partial charge in [0.2, 0.25) is 0 Å². The monoisotopic (exact) mass is 746 g/mol. The standard InChI is InChI=1S/C41H42N6O6S/c1-30(31-12-6-4-7-13-31)43(2)41(49)44(3)38-23-22-36(28-39(38)47(50)51)54(52,53)42-40(48)33-18-20-35(21-19-33)46-26-24-45(25-27-46)29-34-16-10-11-17-37(34)32-14-8-5-9-15-32/h4-23,28,30H,24-27,29H2,1-3H3,(H,42,48)/t30-/m0/s1. The maximum Gasteiger partial charge on any atom is 0.324 e. The number of carbonyl (C=O) groups is 2. The molecular weight excluding hydrogens is 705 g/mol. The third-order valence-corrected chi connectivity index (χ3v) is 11.2. The summed E-state index contributed by atoms with van der Waals surface area (Å²) in [6, 6.07) is 37.1. The number of urea groups is 1. The molecule has 1 aliphatic rings. The Bertz CT molecular complexity index is 2230. The molecule has 1 aliphatic heterocycles. The lowest BCUT2D eigenvalue weighted by atomic mass is 9.99. The molecule has 0 spiro atoms. The third-order valence-electron chi connectivity index (χ3n) is 9.86. The Balaban J connectivity index is 1.07. The summed E-state index contributed by atoms with van der Waals surface area (Å²) in [6.07, 6.45) is 0. The van der Waals surface area contributed by atoms with Crippen molar-refractivity contribution in [3.63, 3.8) is 0 Å². The van der Waals surface area contributed by atoms with Crippen molar-refractivity contribution >= 4 is 39.0 Å². The summed E-state index contributed by atoms with van der Waals surface area (Å²) in [4.78, 5) is 44.4. The first kappa shape index (κ1) is 37.7. The van der Waals surface area contributed by atoms with Crippen LogP contribution in [0.2, 0.25) is 0 Å². The molecule has 3 amide bonds. The molecule has 0 saturated carbocycles. The molecule has 5 aromatic rings. The van der Waals surface area contributed by atoms with E-state index in [1.165, 1.54) is 34.7 Å². The van der Waals surface area contributed by atoms with Crippen molar-refractivity contribution in [2.45, 2.75) is 24.4 Å². The topological polar surface area (TPSA) is 136 Å². The van der Waals surface area contributed by atoms with Crippen molar-refractivity contribution in [3.8, 4) is 11.1 Å². The summed E-state index contributed by atoms with van der Waals surface area (Å²) < 4.78 is 28.6. The van der Waals surface area contributed by atoms with Gasteiger partial charge in [0.1, 0.15) is 5.69 Å². The summed E-state index contributed by atoms with van der Waals surface area (Å²) in [6.45, 7) is 5.93. The van der Waals surface area contributed by atoms with E-state index in [4.69, 9.17) is 0 Å². The lowest BCUT2D eigenvalue weighted by molar-refractivity contribution is -0.384. The highest BCUT2D eigenvalue weighted by atomic mass is 32.2. The van der Waals surface area contributed by atoms with Crippen molar-refractivity contribution in [1.82, 2.24) is 14.5 Å². The van der Waals surface area contributed by atoms with Crippen LogP contribution < -0.4 is 14.5 Å². The van der Waals surface area contributed by atoms with Gasteiger partial charge in [-0.15, -0.1) is 0 Å². The van der Waals surface area contributed by atoms with Crippen LogP contribution in [0, 0.1) is 10.1 Å². The van der Waals surface area contributed by atoms with E-state index in [-0.39, 0.29) is 17.3 Å². The van der Waals surface area contributed by atoms with Crippen LogP contribution in [0.15, 0.2) is 132 Å². The van der Waals surface area contributed by atoms with E-state index in [1.807, 2.05) is 60.2 Å². The van der Waals surface area contributed by atoms with Gasteiger partial charge in [-0.05, 0) is 65.6 Å². The zero-order valence-corrected chi connectivity index (χ0v) is 31.1.